The van der Waals surface area contributed by atoms with E-state index in [4.69, 9.17) is 10.5 Å². The van der Waals surface area contributed by atoms with E-state index in [0.717, 1.165) is 17.5 Å². The predicted octanol–water partition coefficient (Wildman–Crippen LogP) is 1.10. The zero-order chi connectivity index (χ0) is 13.8. The van der Waals surface area contributed by atoms with Crippen molar-refractivity contribution in [2.75, 3.05) is 12.4 Å². The van der Waals surface area contributed by atoms with Crippen molar-refractivity contribution >= 4 is 10.8 Å². The van der Waals surface area contributed by atoms with Crippen LogP contribution in [0.4, 0.5) is 0 Å². The molecule has 106 valence electrons. The van der Waals surface area contributed by atoms with Gasteiger partial charge in [-0.1, -0.05) is 24.3 Å². The quantitative estimate of drug-likeness (QED) is 0.849. The molecular formula is C14H21NO3S. The van der Waals surface area contributed by atoms with Crippen LogP contribution >= 0.6 is 0 Å². The first-order valence-corrected chi connectivity index (χ1v) is 7.95. The maximum absolute atomic E-state index is 12.2. The van der Waals surface area contributed by atoms with E-state index >= 15 is 0 Å². The Morgan fingerprint density at radius 2 is 2.16 bits per heavy atom. The molecule has 0 aromatic heterocycles. The Morgan fingerprint density at radius 3 is 2.68 bits per heavy atom. The van der Waals surface area contributed by atoms with Gasteiger partial charge >= 0.3 is 0 Å². The van der Waals surface area contributed by atoms with Gasteiger partial charge in [-0.15, -0.1) is 0 Å². The summed E-state index contributed by atoms with van der Waals surface area (Å²) in [6, 6.07) is 7.48. The van der Waals surface area contributed by atoms with Crippen LogP contribution in [0.25, 0.3) is 0 Å². The molecule has 19 heavy (non-hydrogen) atoms. The summed E-state index contributed by atoms with van der Waals surface area (Å²) in [6.45, 7) is 3.09. The second kappa shape index (κ2) is 6.61. The van der Waals surface area contributed by atoms with Gasteiger partial charge in [-0.3, -0.25) is 4.21 Å². The lowest BCUT2D eigenvalue weighted by Gasteiger charge is -2.17. The second-order valence-electron chi connectivity index (χ2n) is 4.91. The van der Waals surface area contributed by atoms with Crippen molar-refractivity contribution in [3.8, 4) is 0 Å². The monoisotopic (exact) mass is 283 g/mol. The van der Waals surface area contributed by atoms with Gasteiger partial charge in [0.25, 0.3) is 0 Å². The number of hydrogen-bond donors (Lipinski definition) is 2. The smallest absolute Gasteiger partial charge is 0.0905 e. The summed E-state index contributed by atoms with van der Waals surface area (Å²) in [5, 5.41) is 10.2. The molecule has 4 atom stereocenters. The second-order valence-corrected chi connectivity index (χ2v) is 6.61. The third kappa shape index (κ3) is 3.63. The Bertz CT molecular complexity index is 435. The Kier molecular flexibility index (Phi) is 5.10. The predicted molar refractivity (Wildman–Crippen MR) is 76.1 cm³/mol. The van der Waals surface area contributed by atoms with Crippen molar-refractivity contribution in [3.05, 3.63) is 35.4 Å². The van der Waals surface area contributed by atoms with Gasteiger partial charge < -0.3 is 15.6 Å². The zero-order valence-electron chi connectivity index (χ0n) is 11.1. The van der Waals surface area contributed by atoms with E-state index in [2.05, 4.69) is 0 Å². The fraction of sp³-hybridized carbons (Fsp3) is 0.571. The van der Waals surface area contributed by atoms with Crippen molar-refractivity contribution in [3.63, 3.8) is 0 Å². The molecule has 1 fully saturated rings. The summed E-state index contributed by atoms with van der Waals surface area (Å²) in [7, 11) is -1.06. The molecule has 1 aromatic rings. The van der Waals surface area contributed by atoms with E-state index in [1.807, 2.05) is 31.2 Å². The highest BCUT2D eigenvalue weighted by Gasteiger charge is 2.30. The molecule has 0 amide bonds. The maximum atomic E-state index is 12.2. The number of benzene rings is 1. The number of aliphatic hydroxyl groups excluding tert-OH is 1. The van der Waals surface area contributed by atoms with Gasteiger partial charge in [-0.05, 0) is 24.5 Å². The van der Waals surface area contributed by atoms with Gasteiger partial charge in [0.05, 0.1) is 23.2 Å². The Balaban J connectivity index is 1.95. The molecule has 1 aliphatic heterocycles. The topological polar surface area (TPSA) is 72.5 Å². The molecule has 2 rings (SSSR count). The molecule has 4 unspecified atom stereocenters. The van der Waals surface area contributed by atoms with Gasteiger partial charge in [-0.2, -0.15) is 0 Å². The minimum Gasteiger partial charge on any atom is -0.387 e. The molecule has 1 saturated heterocycles. The fourth-order valence-corrected chi connectivity index (χ4v) is 3.92. The molecule has 0 spiro atoms. The summed E-state index contributed by atoms with van der Waals surface area (Å²) in [5.41, 5.74) is 7.34. The van der Waals surface area contributed by atoms with Crippen LogP contribution in [0, 0.1) is 0 Å². The van der Waals surface area contributed by atoms with Gasteiger partial charge in [-0.25, -0.2) is 0 Å². The first kappa shape index (κ1) is 14.7. The SMILES string of the molecule is CC1OCCC1S(=O)CC(O)c1ccc(CN)cc1. The molecule has 3 N–H and O–H groups in total. The summed E-state index contributed by atoms with van der Waals surface area (Å²) in [4.78, 5) is 0. The number of rotatable bonds is 5. The molecule has 0 radical (unpaired) electrons. The maximum Gasteiger partial charge on any atom is 0.0905 e. The van der Waals surface area contributed by atoms with Crippen LogP contribution < -0.4 is 5.73 Å². The van der Waals surface area contributed by atoms with Crippen molar-refractivity contribution in [1.82, 2.24) is 0 Å². The molecule has 1 aromatic carbocycles. The lowest BCUT2D eigenvalue weighted by molar-refractivity contribution is 0.126. The minimum atomic E-state index is -1.06. The number of hydrogen-bond acceptors (Lipinski definition) is 4. The van der Waals surface area contributed by atoms with Crippen LogP contribution in [0.15, 0.2) is 24.3 Å². The highest BCUT2D eigenvalue weighted by atomic mass is 32.2. The molecule has 0 saturated carbocycles. The van der Waals surface area contributed by atoms with Crippen molar-refractivity contribution < 1.29 is 14.1 Å². The molecular weight excluding hydrogens is 262 g/mol. The highest BCUT2D eigenvalue weighted by molar-refractivity contribution is 7.85. The summed E-state index contributed by atoms with van der Waals surface area (Å²) >= 11 is 0. The zero-order valence-corrected chi connectivity index (χ0v) is 11.9. The largest absolute Gasteiger partial charge is 0.387 e. The lowest BCUT2D eigenvalue weighted by Crippen LogP contribution is -2.27. The number of ether oxygens (including phenoxy) is 1. The van der Waals surface area contributed by atoms with E-state index in [9.17, 15) is 9.32 Å². The first-order chi connectivity index (χ1) is 9.11. The minimum absolute atomic E-state index is 0.0210. The summed E-state index contributed by atoms with van der Waals surface area (Å²) in [5.74, 6) is 0.264. The third-order valence-corrected chi connectivity index (χ3v) is 5.51. The Morgan fingerprint density at radius 1 is 1.47 bits per heavy atom. The van der Waals surface area contributed by atoms with Gasteiger partial charge in [0, 0.05) is 24.0 Å². The van der Waals surface area contributed by atoms with Crippen LogP contribution in [0.3, 0.4) is 0 Å². The molecule has 0 bridgehead atoms. The fourth-order valence-electron chi connectivity index (χ4n) is 2.31. The average Bonchev–Trinajstić information content (AvgIpc) is 2.85. The van der Waals surface area contributed by atoms with Crippen LogP contribution in [0.2, 0.25) is 0 Å². The summed E-state index contributed by atoms with van der Waals surface area (Å²) < 4.78 is 17.6. The average molecular weight is 283 g/mol. The highest BCUT2D eigenvalue weighted by Crippen LogP contribution is 2.22. The lowest BCUT2D eigenvalue weighted by atomic mass is 10.1. The number of aliphatic hydroxyl groups is 1. The van der Waals surface area contributed by atoms with Crippen LogP contribution in [0.1, 0.15) is 30.6 Å². The van der Waals surface area contributed by atoms with Crippen molar-refractivity contribution in [2.45, 2.75) is 37.3 Å². The molecule has 0 aliphatic carbocycles. The van der Waals surface area contributed by atoms with E-state index in [1.54, 1.807) is 0 Å². The van der Waals surface area contributed by atoms with Crippen LogP contribution in [0.5, 0.6) is 0 Å². The molecule has 1 heterocycles. The van der Waals surface area contributed by atoms with E-state index < -0.39 is 16.9 Å². The molecule has 1 aliphatic rings. The van der Waals surface area contributed by atoms with Gasteiger partial charge in [0.15, 0.2) is 0 Å². The standard InChI is InChI=1S/C14H21NO3S/c1-10-14(6-7-18-10)19(17)9-13(16)12-4-2-11(8-15)3-5-12/h2-5,10,13-14,16H,6-9,15H2,1H3. The van der Waals surface area contributed by atoms with E-state index in [0.29, 0.717) is 13.2 Å². The molecule has 4 nitrogen and oxygen atoms in total. The summed E-state index contributed by atoms with van der Waals surface area (Å²) in [6.07, 6.45) is 0.139. The van der Waals surface area contributed by atoms with Gasteiger partial charge in [0.2, 0.25) is 0 Å². The molecule has 5 heteroatoms. The van der Waals surface area contributed by atoms with Gasteiger partial charge in [0.1, 0.15) is 0 Å². The van der Waals surface area contributed by atoms with Crippen molar-refractivity contribution in [1.29, 1.82) is 0 Å². The number of nitrogens with two attached hydrogens (primary N) is 1. The first-order valence-electron chi connectivity index (χ1n) is 6.57. The Hall–Kier alpha value is -0.750. The normalized spacial score (nSPS) is 26.3. The third-order valence-electron chi connectivity index (χ3n) is 3.57. The van der Waals surface area contributed by atoms with Crippen LogP contribution in [-0.2, 0) is 22.1 Å². The Labute approximate surface area is 116 Å². The van der Waals surface area contributed by atoms with Crippen LogP contribution in [-0.4, -0.2) is 33.0 Å². The van der Waals surface area contributed by atoms with E-state index in [1.165, 1.54) is 0 Å². The van der Waals surface area contributed by atoms with Crippen molar-refractivity contribution in [2.24, 2.45) is 5.73 Å². The van der Waals surface area contributed by atoms with E-state index in [-0.39, 0.29) is 17.1 Å².